The summed E-state index contributed by atoms with van der Waals surface area (Å²) in [4.78, 5) is 57.6. The second-order valence-corrected chi connectivity index (χ2v) is 27.6. The molecule has 5 aliphatic rings. The minimum absolute atomic E-state index is 0.0428. The highest BCUT2D eigenvalue weighted by atomic mass is 31.2. The molecule has 2 saturated heterocycles. The molecule has 12 nitrogen and oxygen atoms in total. The van der Waals surface area contributed by atoms with Gasteiger partial charge >= 0.3 is 0 Å². The van der Waals surface area contributed by atoms with E-state index in [9.17, 15) is 45.9 Å². The van der Waals surface area contributed by atoms with Crippen molar-refractivity contribution in [3.63, 3.8) is 0 Å². The van der Waals surface area contributed by atoms with Crippen molar-refractivity contribution in [1.29, 1.82) is 0 Å². The van der Waals surface area contributed by atoms with Crippen molar-refractivity contribution in [3.8, 4) is 0 Å². The molecule has 7 rings (SSSR count). The smallest absolute Gasteiger partial charge is 0.226 e. The summed E-state index contributed by atoms with van der Waals surface area (Å²) >= 11 is 0. The van der Waals surface area contributed by atoms with E-state index in [1.807, 2.05) is 39.8 Å². The van der Waals surface area contributed by atoms with Gasteiger partial charge in [-0.15, -0.1) is 13.2 Å². The van der Waals surface area contributed by atoms with Crippen LogP contribution in [0.15, 0.2) is 73.9 Å². The van der Waals surface area contributed by atoms with Crippen LogP contribution in [0.4, 0.5) is 17.6 Å². The number of hydrogen-bond donors (Lipinski definition) is 0. The van der Waals surface area contributed by atoms with E-state index >= 15 is 0 Å². The molecular weight excluding hydrogens is 1020 g/mol. The van der Waals surface area contributed by atoms with Crippen molar-refractivity contribution in [1.82, 2.24) is 9.80 Å². The molecular formula is C58H80F4N2O10P2. The Morgan fingerprint density at radius 2 is 1.46 bits per heavy atom. The molecule has 2 aliphatic carbocycles. The summed E-state index contributed by atoms with van der Waals surface area (Å²) in [5.41, 5.74) is -0.566. The van der Waals surface area contributed by atoms with Gasteiger partial charge in [-0.05, 0) is 113 Å². The molecule has 2 saturated carbocycles. The molecule has 420 valence electrons. The first-order valence-electron chi connectivity index (χ1n) is 27.2. The molecule has 0 bridgehead atoms. The van der Waals surface area contributed by atoms with Crippen molar-refractivity contribution in [2.75, 3.05) is 52.7 Å². The lowest BCUT2D eigenvalue weighted by Gasteiger charge is -2.32. The molecule has 0 N–H and O–H groups in total. The van der Waals surface area contributed by atoms with Gasteiger partial charge in [0.1, 0.15) is 23.3 Å². The number of carbonyl (C=O) groups excluding carboxylic acids is 4. The summed E-state index contributed by atoms with van der Waals surface area (Å²) in [5.74, 6) is -4.20. The zero-order valence-electron chi connectivity index (χ0n) is 45.3. The molecule has 2 aromatic carbocycles. The van der Waals surface area contributed by atoms with Crippen LogP contribution in [0.2, 0.25) is 0 Å². The summed E-state index contributed by atoms with van der Waals surface area (Å²) < 4.78 is 111. The quantitative estimate of drug-likeness (QED) is 0.0512. The first-order valence-corrected chi connectivity index (χ1v) is 30.8. The molecule has 2 unspecified atom stereocenters. The number of ether oxygens (including phenoxy) is 2. The largest absolute Gasteiger partial charge is 0.377 e. The normalized spacial score (nSPS) is 30.0. The van der Waals surface area contributed by atoms with E-state index in [0.29, 0.717) is 90.9 Å². The molecule has 2 aromatic rings. The number of Topliss-reactive ketones (excluding diaryl/α,β-unsaturated/α-hetero) is 2. The van der Waals surface area contributed by atoms with E-state index in [1.165, 1.54) is 12.1 Å². The summed E-state index contributed by atoms with van der Waals surface area (Å²) in [6.45, 7) is 21.2. The van der Waals surface area contributed by atoms with Gasteiger partial charge in [-0.3, -0.25) is 28.3 Å². The third-order valence-corrected chi connectivity index (χ3v) is 23.2. The highest BCUT2D eigenvalue weighted by Gasteiger charge is 2.68. The van der Waals surface area contributed by atoms with Gasteiger partial charge in [0.25, 0.3) is 0 Å². The zero-order chi connectivity index (χ0) is 55.6. The zero-order valence-corrected chi connectivity index (χ0v) is 47.1. The van der Waals surface area contributed by atoms with Gasteiger partial charge in [-0.1, -0.05) is 64.1 Å². The summed E-state index contributed by atoms with van der Waals surface area (Å²) in [5, 5.41) is -2.10. The molecule has 3 aliphatic heterocycles. The van der Waals surface area contributed by atoms with E-state index in [1.54, 1.807) is 35.8 Å². The first-order chi connectivity index (χ1) is 36.1. The van der Waals surface area contributed by atoms with Crippen LogP contribution >= 0.6 is 14.7 Å². The van der Waals surface area contributed by atoms with Crippen LogP contribution in [0.1, 0.15) is 117 Å². The maximum Gasteiger partial charge on any atom is 0.226 e. The highest BCUT2D eigenvalue weighted by Crippen LogP contribution is 2.78. The molecule has 12 atom stereocenters. The standard InChI is InChI=1S/C30H42F2NO5P.C28H38F2NO5P/c1-6-10-22(5)29(35)33-19-21(4)16-27(33)28(34)18-30(17-23(30)13-15-37-14-7-2)39(36,38-8-3)20-24-25(31)11-9-12-26(24)32;1-4-36-37(34,18-22-23(29)9-7-10-24(22)30)28-15-21(28)11-13-35-12-6-5-8-20(3)27(33)31-17-19(2)14-25(31)26(32)16-28/h6-7,9,11-12,21-23,27H,1-2,8,10,13-20H2,3-5H3;5-7,9-10,19-21,25H,4,8,11-18H2,1-3H3/b;6-5+/t21-,22-,23+,27-,30+,39?;19-,20-,21+,25-,28+,37?/m00/s1. The maximum atomic E-state index is 14.7. The van der Waals surface area contributed by atoms with Gasteiger partial charge in [0, 0.05) is 62.1 Å². The van der Waals surface area contributed by atoms with E-state index in [4.69, 9.17) is 18.5 Å². The number of rotatable bonds is 21. The topological polar surface area (TPSA) is 146 Å². The molecule has 4 fully saturated rings. The fourth-order valence-corrected chi connectivity index (χ4v) is 18.8. The fourth-order valence-electron chi connectivity index (χ4n) is 12.0. The molecule has 0 radical (unpaired) electrons. The Kier molecular flexibility index (Phi) is 21.5. The fraction of sp³-hybridized carbons (Fsp3) is 0.621. The van der Waals surface area contributed by atoms with Crippen LogP contribution in [-0.4, -0.2) is 108 Å². The molecule has 2 amide bonds. The number of halogens is 4. The summed E-state index contributed by atoms with van der Waals surface area (Å²) in [6.07, 6.45) is 10.3. The number of allylic oxidation sites excluding steroid dienone is 2. The van der Waals surface area contributed by atoms with Crippen molar-refractivity contribution >= 4 is 38.1 Å². The van der Waals surface area contributed by atoms with Crippen LogP contribution in [0.3, 0.4) is 0 Å². The number of ketones is 2. The predicted molar refractivity (Wildman–Crippen MR) is 286 cm³/mol. The number of likely N-dealkylation sites (tertiary alicyclic amines) is 1. The molecule has 0 spiro atoms. The Hall–Kier alpha value is -4.04. The van der Waals surface area contributed by atoms with Gasteiger partial charge < -0.3 is 28.3 Å². The average Bonchev–Trinajstić information content (AvgIpc) is 4.20. The average molecular weight is 1100 g/mol. The number of hydrogen-bond acceptors (Lipinski definition) is 10. The lowest BCUT2D eigenvalue weighted by atomic mass is 9.99. The van der Waals surface area contributed by atoms with E-state index in [2.05, 4.69) is 13.2 Å². The van der Waals surface area contributed by atoms with Crippen LogP contribution in [-0.2, 0) is 59.2 Å². The lowest BCUT2D eigenvalue weighted by molar-refractivity contribution is -0.140. The van der Waals surface area contributed by atoms with Crippen LogP contribution in [0.5, 0.6) is 0 Å². The Morgan fingerprint density at radius 1 is 0.855 bits per heavy atom. The third kappa shape index (κ3) is 13.9. The summed E-state index contributed by atoms with van der Waals surface area (Å²) in [7, 11) is -7.51. The van der Waals surface area contributed by atoms with Crippen molar-refractivity contribution < 1.29 is 64.4 Å². The molecule has 3 heterocycles. The van der Waals surface area contributed by atoms with E-state index in [-0.39, 0.29) is 96.1 Å². The van der Waals surface area contributed by atoms with Crippen LogP contribution in [0, 0.1) is 58.8 Å². The molecule has 0 aromatic heterocycles. The van der Waals surface area contributed by atoms with Gasteiger partial charge in [0.15, 0.2) is 11.6 Å². The number of amides is 2. The molecule has 76 heavy (non-hydrogen) atoms. The Labute approximate surface area is 447 Å². The predicted octanol–water partition coefficient (Wildman–Crippen LogP) is 12.3. The first kappa shape index (κ1) is 61.2. The number of benzene rings is 2. The van der Waals surface area contributed by atoms with Crippen molar-refractivity contribution in [3.05, 3.63) is 108 Å². The van der Waals surface area contributed by atoms with E-state index in [0.717, 1.165) is 24.3 Å². The number of nitrogens with zero attached hydrogens (tertiary/aromatic N) is 2. The Balaban J connectivity index is 0.000000247. The minimum atomic E-state index is -3.77. The van der Waals surface area contributed by atoms with Gasteiger partial charge in [-0.25, -0.2) is 17.6 Å². The second-order valence-electron chi connectivity index (χ2n) is 21.9. The van der Waals surface area contributed by atoms with E-state index < -0.39 is 72.7 Å². The molecule has 18 heteroatoms. The lowest BCUT2D eigenvalue weighted by Crippen LogP contribution is -2.44. The third-order valence-electron chi connectivity index (χ3n) is 16.3. The SMILES string of the molecule is C=CCOCC[C@@H]1C[C@]1(CC(=O)[C@@H]1C[C@H](C)CN1C(=O)[C@@H](C)CC=C)P(=O)(Cc1c(F)cccc1F)OCC.CCOP(=O)(Cc1c(F)cccc1F)[C@]12CC(=O)[C@@H]3C[C@H](C)CN3C(=O)[C@@H](C)C/C=C/COCC[C@@H]1C2. The second kappa shape index (κ2) is 26.7. The van der Waals surface area contributed by atoms with Gasteiger partial charge in [0.05, 0.1) is 61.1 Å². The number of fused-ring (bicyclic) bond motifs is 2. The number of carbonyl (C=O) groups is 4. The van der Waals surface area contributed by atoms with Crippen LogP contribution in [0.25, 0.3) is 0 Å². The van der Waals surface area contributed by atoms with Crippen molar-refractivity contribution in [2.45, 2.75) is 140 Å². The monoisotopic (exact) mass is 1100 g/mol. The van der Waals surface area contributed by atoms with Crippen LogP contribution < -0.4 is 0 Å². The summed E-state index contributed by atoms with van der Waals surface area (Å²) in [6, 6.07) is 5.86. The Morgan fingerprint density at radius 3 is 2.07 bits per heavy atom. The minimum Gasteiger partial charge on any atom is -0.377 e. The van der Waals surface area contributed by atoms with Gasteiger partial charge in [0.2, 0.25) is 26.6 Å². The Bertz CT molecular complexity index is 2510. The van der Waals surface area contributed by atoms with Crippen molar-refractivity contribution in [2.24, 2.45) is 35.5 Å². The van der Waals surface area contributed by atoms with Gasteiger partial charge in [-0.2, -0.15) is 0 Å². The maximum absolute atomic E-state index is 14.7. The highest BCUT2D eigenvalue weighted by molar-refractivity contribution is 7.60.